The lowest BCUT2D eigenvalue weighted by Crippen LogP contribution is -2.40. The lowest BCUT2D eigenvalue weighted by Gasteiger charge is -2.32. The maximum absolute atomic E-state index is 13.0. The number of piperidine rings is 2. The Morgan fingerprint density at radius 2 is 1.71 bits per heavy atom. The molecule has 3 fully saturated rings. The summed E-state index contributed by atoms with van der Waals surface area (Å²) in [6.07, 6.45) is 7.49. The number of carbonyl (C=O) groups excluding carboxylic acids is 1. The van der Waals surface area contributed by atoms with Gasteiger partial charge in [-0.3, -0.25) is 0 Å². The standard InChI is InChI=1S/C30H39N7O3.C2H6/c1-35-10-6-22(7-11-35)20-40-25-3-4-26-27(18-25)32-21-33-29(26)23-8-12-37(13-9-23)30(38)34-24-2-5-28(31-19-24)36-14-16-39-17-15-36;1-2/h2-5,18-19,21-23H,6-17,20H2,1H3,(H,34,38);1-2H3. The highest BCUT2D eigenvalue weighted by Crippen LogP contribution is 2.32. The number of carbonyl (C=O) groups is 1. The summed E-state index contributed by atoms with van der Waals surface area (Å²) < 4.78 is 11.6. The molecule has 0 atom stereocenters. The molecular weight excluding hydrogens is 530 g/mol. The van der Waals surface area contributed by atoms with Gasteiger partial charge in [0, 0.05) is 43.5 Å². The second-order valence-electron chi connectivity index (χ2n) is 11.2. The van der Waals surface area contributed by atoms with Crippen LogP contribution >= 0.6 is 0 Å². The van der Waals surface area contributed by atoms with Gasteiger partial charge >= 0.3 is 6.03 Å². The molecule has 0 saturated carbocycles. The Morgan fingerprint density at radius 1 is 0.952 bits per heavy atom. The van der Waals surface area contributed by atoms with E-state index in [1.165, 1.54) is 12.8 Å². The zero-order valence-electron chi connectivity index (χ0n) is 25.3. The summed E-state index contributed by atoms with van der Waals surface area (Å²) in [4.78, 5) is 33.2. The lowest BCUT2D eigenvalue weighted by atomic mass is 9.91. The van der Waals surface area contributed by atoms with E-state index in [1.54, 1.807) is 12.5 Å². The maximum Gasteiger partial charge on any atom is 0.321 e. The molecule has 5 heterocycles. The topological polar surface area (TPSA) is 96.0 Å². The molecule has 3 aliphatic heterocycles. The number of urea groups is 1. The van der Waals surface area contributed by atoms with E-state index in [1.807, 2.05) is 43.0 Å². The molecule has 0 unspecified atom stereocenters. The smallest absolute Gasteiger partial charge is 0.321 e. The first kappa shape index (κ1) is 30.0. The fraction of sp³-hybridized carbons (Fsp3) is 0.562. The molecule has 3 aromatic rings. The number of nitrogens with one attached hydrogen (secondary N) is 1. The van der Waals surface area contributed by atoms with Crippen molar-refractivity contribution in [3.05, 3.63) is 48.5 Å². The van der Waals surface area contributed by atoms with Crippen molar-refractivity contribution in [1.82, 2.24) is 24.8 Å². The molecule has 10 nitrogen and oxygen atoms in total. The molecule has 2 aromatic heterocycles. The highest BCUT2D eigenvalue weighted by Gasteiger charge is 2.26. The second-order valence-corrected chi connectivity index (χ2v) is 11.2. The number of amides is 2. The van der Waals surface area contributed by atoms with E-state index in [2.05, 4.69) is 43.2 Å². The van der Waals surface area contributed by atoms with Crippen molar-refractivity contribution in [3.63, 3.8) is 0 Å². The van der Waals surface area contributed by atoms with Gasteiger partial charge < -0.3 is 29.5 Å². The number of ether oxygens (including phenoxy) is 2. The van der Waals surface area contributed by atoms with Crippen LogP contribution in [0.15, 0.2) is 42.9 Å². The zero-order valence-corrected chi connectivity index (χ0v) is 25.3. The number of hydrogen-bond acceptors (Lipinski definition) is 8. The van der Waals surface area contributed by atoms with Crippen molar-refractivity contribution in [2.24, 2.45) is 5.92 Å². The minimum atomic E-state index is -0.0849. The lowest BCUT2D eigenvalue weighted by molar-refractivity contribution is 0.122. The van der Waals surface area contributed by atoms with Crippen LogP contribution in [-0.4, -0.2) is 96.9 Å². The first-order valence-corrected chi connectivity index (χ1v) is 15.5. The molecule has 0 spiro atoms. The normalized spacial score (nSPS) is 18.8. The number of nitrogens with zero attached hydrogens (tertiary/aromatic N) is 6. The number of anilines is 2. The van der Waals surface area contributed by atoms with E-state index in [0.29, 0.717) is 24.7 Å². The fourth-order valence-corrected chi connectivity index (χ4v) is 5.91. The van der Waals surface area contributed by atoms with Crippen LogP contribution in [0.2, 0.25) is 0 Å². The highest BCUT2D eigenvalue weighted by molar-refractivity contribution is 5.89. The van der Waals surface area contributed by atoms with Crippen LogP contribution in [-0.2, 0) is 4.74 Å². The predicted octanol–water partition coefficient (Wildman–Crippen LogP) is 5.02. The van der Waals surface area contributed by atoms with E-state index in [4.69, 9.17) is 9.47 Å². The number of morpholine rings is 1. The Bertz CT molecular complexity index is 1280. The van der Waals surface area contributed by atoms with Gasteiger partial charge in [-0.1, -0.05) is 13.8 Å². The average Bonchev–Trinajstić information content (AvgIpc) is 3.06. The predicted molar refractivity (Wildman–Crippen MR) is 166 cm³/mol. The van der Waals surface area contributed by atoms with Crippen molar-refractivity contribution in [3.8, 4) is 5.75 Å². The van der Waals surface area contributed by atoms with Gasteiger partial charge in [0.1, 0.15) is 17.9 Å². The van der Waals surface area contributed by atoms with E-state index in [-0.39, 0.29) is 11.9 Å². The molecule has 10 heteroatoms. The Kier molecular flexibility index (Phi) is 10.4. The van der Waals surface area contributed by atoms with Crippen molar-refractivity contribution in [1.29, 1.82) is 0 Å². The summed E-state index contributed by atoms with van der Waals surface area (Å²) in [6.45, 7) is 11.5. The van der Waals surface area contributed by atoms with Crippen LogP contribution in [0.5, 0.6) is 5.75 Å². The Labute approximate surface area is 249 Å². The van der Waals surface area contributed by atoms with Crippen molar-refractivity contribution in [2.45, 2.75) is 45.4 Å². The third-order valence-corrected chi connectivity index (χ3v) is 8.47. The van der Waals surface area contributed by atoms with Gasteiger partial charge in [0.05, 0.1) is 42.9 Å². The molecule has 3 saturated heterocycles. The van der Waals surface area contributed by atoms with Crippen LogP contribution in [0, 0.1) is 5.92 Å². The van der Waals surface area contributed by atoms with Crippen LogP contribution in [0.3, 0.4) is 0 Å². The molecule has 0 aliphatic carbocycles. The van der Waals surface area contributed by atoms with Gasteiger partial charge in [0.2, 0.25) is 0 Å². The Balaban J connectivity index is 0.00000173. The van der Waals surface area contributed by atoms with Crippen molar-refractivity contribution in [2.75, 3.05) is 76.4 Å². The van der Waals surface area contributed by atoms with Crippen LogP contribution < -0.4 is 15.0 Å². The number of hydrogen-bond donors (Lipinski definition) is 1. The zero-order chi connectivity index (χ0) is 29.3. The summed E-state index contributed by atoms with van der Waals surface area (Å²) in [7, 11) is 2.18. The molecule has 6 rings (SSSR count). The average molecular weight is 576 g/mol. The van der Waals surface area contributed by atoms with Crippen molar-refractivity contribution < 1.29 is 14.3 Å². The van der Waals surface area contributed by atoms with Gasteiger partial charge in [-0.15, -0.1) is 0 Å². The first-order chi connectivity index (χ1) is 20.6. The minimum absolute atomic E-state index is 0.0849. The largest absolute Gasteiger partial charge is 0.493 e. The molecule has 42 heavy (non-hydrogen) atoms. The van der Waals surface area contributed by atoms with E-state index >= 15 is 0 Å². The van der Waals surface area contributed by atoms with Gasteiger partial charge in [-0.25, -0.2) is 19.7 Å². The first-order valence-electron chi connectivity index (χ1n) is 15.5. The summed E-state index contributed by atoms with van der Waals surface area (Å²) in [5.74, 6) is 2.68. The van der Waals surface area contributed by atoms with Gasteiger partial charge in [0.25, 0.3) is 0 Å². The molecule has 0 bridgehead atoms. The number of fused-ring (bicyclic) bond motifs is 1. The van der Waals surface area contributed by atoms with Crippen LogP contribution in [0.1, 0.15) is 51.1 Å². The monoisotopic (exact) mass is 575 g/mol. The highest BCUT2D eigenvalue weighted by atomic mass is 16.5. The Hall–Kier alpha value is -3.50. The van der Waals surface area contributed by atoms with Crippen LogP contribution in [0.4, 0.5) is 16.3 Å². The fourth-order valence-electron chi connectivity index (χ4n) is 5.91. The SMILES string of the molecule is CC.CN1CCC(COc2ccc3c(C4CCN(C(=O)Nc5ccc(N6CCOCC6)nc5)CC4)ncnc3c2)CC1. The molecule has 2 amide bonds. The Morgan fingerprint density at radius 3 is 2.43 bits per heavy atom. The third kappa shape index (κ3) is 7.46. The quantitative estimate of drug-likeness (QED) is 0.438. The van der Waals surface area contributed by atoms with Gasteiger partial charge in [0.15, 0.2) is 0 Å². The summed E-state index contributed by atoms with van der Waals surface area (Å²) in [5, 5.41) is 4.08. The van der Waals surface area contributed by atoms with Crippen molar-refractivity contribution >= 4 is 28.4 Å². The number of pyridine rings is 1. The summed E-state index contributed by atoms with van der Waals surface area (Å²) in [5.41, 5.74) is 2.69. The maximum atomic E-state index is 13.0. The van der Waals surface area contributed by atoms with E-state index < -0.39 is 0 Å². The number of aromatic nitrogens is 3. The molecule has 1 aromatic carbocycles. The van der Waals surface area contributed by atoms with E-state index in [9.17, 15) is 4.79 Å². The summed E-state index contributed by atoms with van der Waals surface area (Å²) in [6, 6.07) is 9.97. The molecule has 1 N–H and O–H groups in total. The number of benzene rings is 1. The van der Waals surface area contributed by atoms with Gasteiger partial charge in [-0.2, -0.15) is 0 Å². The number of rotatable bonds is 6. The molecular formula is C32H45N7O3. The molecule has 3 aliphatic rings. The number of likely N-dealkylation sites (tertiary alicyclic amines) is 2. The van der Waals surface area contributed by atoms with E-state index in [0.717, 1.165) is 87.0 Å². The van der Waals surface area contributed by atoms with Crippen LogP contribution in [0.25, 0.3) is 10.9 Å². The molecule has 226 valence electrons. The summed E-state index contributed by atoms with van der Waals surface area (Å²) >= 11 is 0. The minimum Gasteiger partial charge on any atom is -0.493 e. The van der Waals surface area contributed by atoms with Gasteiger partial charge in [-0.05, 0) is 76.0 Å². The second kappa shape index (κ2) is 14.6. The molecule has 0 radical (unpaired) electrons. The third-order valence-electron chi connectivity index (χ3n) is 8.47.